The van der Waals surface area contributed by atoms with Gasteiger partial charge in [0.1, 0.15) is 0 Å². The summed E-state index contributed by atoms with van der Waals surface area (Å²) in [6.45, 7) is 3.78. The molecule has 2 aromatic rings. The quantitative estimate of drug-likeness (QED) is 0.730. The monoisotopic (exact) mass is 408 g/mol. The predicted octanol–water partition coefficient (Wildman–Crippen LogP) is 3.76. The van der Waals surface area contributed by atoms with Gasteiger partial charge < -0.3 is 14.4 Å². The summed E-state index contributed by atoms with van der Waals surface area (Å²) in [6, 6.07) is 16.8. The first-order valence-electron chi connectivity index (χ1n) is 10.9. The summed E-state index contributed by atoms with van der Waals surface area (Å²) in [5.74, 6) is 2.37. The maximum Gasteiger partial charge on any atom is 0.227 e. The van der Waals surface area contributed by atoms with Gasteiger partial charge in [0.05, 0.1) is 20.6 Å². The number of carbonyl (C=O) groups excluding carboxylic acids is 1. The van der Waals surface area contributed by atoms with Crippen molar-refractivity contribution in [3.63, 3.8) is 0 Å². The number of benzene rings is 2. The summed E-state index contributed by atoms with van der Waals surface area (Å²) in [4.78, 5) is 17.5. The van der Waals surface area contributed by atoms with Crippen LogP contribution in [0.1, 0.15) is 30.4 Å². The van der Waals surface area contributed by atoms with Crippen molar-refractivity contribution in [2.45, 2.75) is 38.3 Å². The van der Waals surface area contributed by atoms with Gasteiger partial charge in [-0.05, 0) is 55.0 Å². The van der Waals surface area contributed by atoms with Crippen molar-refractivity contribution < 1.29 is 14.3 Å². The molecule has 0 aromatic heterocycles. The Morgan fingerprint density at radius 3 is 2.53 bits per heavy atom. The molecule has 2 aromatic carbocycles. The molecule has 0 saturated carbocycles. The molecule has 0 N–H and O–H groups in total. The summed E-state index contributed by atoms with van der Waals surface area (Å²) < 4.78 is 10.8. The van der Waals surface area contributed by atoms with E-state index in [1.54, 1.807) is 14.2 Å². The van der Waals surface area contributed by atoms with Crippen molar-refractivity contribution in [2.24, 2.45) is 5.92 Å². The van der Waals surface area contributed by atoms with Crippen LogP contribution >= 0.6 is 0 Å². The van der Waals surface area contributed by atoms with Crippen LogP contribution in [0.4, 0.5) is 0 Å². The minimum Gasteiger partial charge on any atom is -0.493 e. The molecule has 0 bridgehead atoms. The third-order valence-corrected chi connectivity index (χ3v) is 6.57. The summed E-state index contributed by atoms with van der Waals surface area (Å²) in [5, 5.41) is 0. The number of methoxy groups -OCH3 is 2. The van der Waals surface area contributed by atoms with E-state index in [1.807, 2.05) is 36.4 Å². The molecule has 0 spiro atoms. The molecule has 2 aliphatic rings. The van der Waals surface area contributed by atoms with Crippen LogP contribution in [0.3, 0.4) is 0 Å². The van der Waals surface area contributed by atoms with Crippen LogP contribution in [0.15, 0.2) is 48.5 Å². The van der Waals surface area contributed by atoms with Gasteiger partial charge in [0.25, 0.3) is 0 Å². The maximum absolute atomic E-state index is 12.8. The van der Waals surface area contributed by atoms with Gasteiger partial charge in [-0.3, -0.25) is 9.69 Å². The van der Waals surface area contributed by atoms with Crippen molar-refractivity contribution in [2.75, 3.05) is 33.9 Å². The molecule has 0 radical (unpaired) electrons. The Morgan fingerprint density at radius 2 is 1.77 bits per heavy atom. The van der Waals surface area contributed by atoms with E-state index in [0.717, 1.165) is 49.7 Å². The standard InChI is InChI=1S/C25H32N2O3/c1-29-23-11-10-20(15-24(23)30-2)17-26-13-6-9-21-18-27(14-12-22(21)26)25(28)16-19-7-4-3-5-8-19/h3-5,7-8,10-11,15,21-22H,6,9,12-14,16-18H2,1-2H3/t21-,22+/m1/s1. The molecule has 0 unspecified atom stereocenters. The van der Waals surface area contributed by atoms with E-state index in [9.17, 15) is 4.79 Å². The fourth-order valence-electron chi connectivity index (χ4n) is 5.03. The van der Waals surface area contributed by atoms with Gasteiger partial charge in [-0.15, -0.1) is 0 Å². The van der Waals surface area contributed by atoms with E-state index in [4.69, 9.17) is 9.47 Å². The molecular formula is C25H32N2O3. The molecule has 2 aliphatic heterocycles. The second-order valence-corrected chi connectivity index (χ2v) is 8.42. The van der Waals surface area contributed by atoms with Gasteiger partial charge in [0.2, 0.25) is 5.91 Å². The molecule has 2 atom stereocenters. The molecule has 160 valence electrons. The summed E-state index contributed by atoms with van der Waals surface area (Å²) in [5.41, 5.74) is 2.35. The number of hydrogen-bond acceptors (Lipinski definition) is 4. The van der Waals surface area contributed by atoms with E-state index >= 15 is 0 Å². The highest BCUT2D eigenvalue weighted by atomic mass is 16.5. The zero-order chi connectivity index (χ0) is 20.9. The fourth-order valence-corrected chi connectivity index (χ4v) is 5.03. The largest absolute Gasteiger partial charge is 0.493 e. The third-order valence-electron chi connectivity index (χ3n) is 6.57. The number of hydrogen-bond donors (Lipinski definition) is 0. The molecule has 2 saturated heterocycles. The first-order chi connectivity index (χ1) is 14.7. The average molecular weight is 409 g/mol. The Hall–Kier alpha value is -2.53. The fraction of sp³-hybridized carbons (Fsp3) is 0.480. The van der Waals surface area contributed by atoms with Crippen LogP contribution in [-0.4, -0.2) is 55.6 Å². The van der Waals surface area contributed by atoms with Crippen molar-refractivity contribution in [1.82, 2.24) is 9.80 Å². The van der Waals surface area contributed by atoms with Gasteiger partial charge in [-0.1, -0.05) is 36.4 Å². The average Bonchev–Trinajstić information content (AvgIpc) is 2.79. The van der Waals surface area contributed by atoms with Crippen molar-refractivity contribution in [1.29, 1.82) is 0 Å². The topological polar surface area (TPSA) is 42.0 Å². The van der Waals surface area contributed by atoms with E-state index in [-0.39, 0.29) is 5.91 Å². The summed E-state index contributed by atoms with van der Waals surface area (Å²) >= 11 is 0. The van der Waals surface area contributed by atoms with Crippen molar-refractivity contribution in [3.05, 3.63) is 59.7 Å². The number of carbonyl (C=O) groups is 1. The number of ether oxygens (including phenoxy) is 2. The summed E-state index contributed by atoms with van der Waals surface area (Å²) in [6.07, 6.45) is 3.96. The molecule has 0 aliphatic carbocycles. The molecule has 30 heavy (non-hydrogen) atoms. The SMILES string of the molecule is COc1ccc(CN2CCC[C@@H]3CN(C(=O)Cc4ccccc4)CC[C@@H]32)cc1OC. The van der Waals surface area contributed by atoms with Crippen molar-refractivity contribution in [3.8, 4) is 11.5 Å². The minimum absolute atomic E-state index is 0.261. The number of likely N-dealkylation sites (tertiary alicyclic amines) is 2. The second kappa shape index (κ2) is 9.52. The molecule has 2 fully saturated rings. The highest BCUT2D eigenvalue weighted by molar-refractivity contribution is 5.78. The number of rotatable bonds is 6. The second-order valence-electron chi connectivity index (χ2n) is 8.42. The highest BCUT2D eigenvalue weighted by Gasteiger charge is 2.37. The van der Waals surface area contributed by atoms with Gasteiger partial charge >= 0.3 is 0 Å². The Labute approximate surface area is 179 Å². The zero-order valence-corrected chi connectivity index (χ0v) is 18.0. The van der Waals surface area contributed by atoms with Crippen LogP contribution < -0.4 is 9.47 Å². The van der Waals surface area contributed by atoms with E-state index in [1.165, 1.54) is 18.4 Å². The number of amides is 1. The third kappa shape index (κ3) is 4.62. The Bertz CT molecular complexity index is 855. The lowest BCUT2D eigenvalue weighted by atomic mass is 9.83. The van der Waals surface area contributed by atoms with Crippen molar-refractivity contribution >= 4 is 5.91 Å². The van der Waals surface area contributed by atoms with E-state index in [0.29, 0.717) is 18.4 Å². The predicted molar refractivity (Wildman–Crippen MR) is 118 cm³/mol. The molecule has 5 nitrogen and oxygen atoms in total. The molecule has 5 heteroatoms. The lowest BCUT2D eigenvalue weighted by Crippen LogP contribution is -2.55. The number of piperidine rings is 2. The highest BCUT2D eigenvalue weighted by Crippen LogP contribution is 2.33. The maximum atomic E-state index is 12.8. The number of fused-ring (bicyclic) bond motifs is 1. The van der Waals surface area contributed by atoms with Crippen LogP contribution in [0.5, 0.6) is 11.5 Å². The van der Waals surface area contributed by atoms with Crippen LogP contribution in [0.25, 0.3) is 0 Å². The van der Waals surface area contributed by atoms with Gasteiger partial charge in [-0.2, -0.15) is 0 Å². The minimum atomic E-state index is 0.261. The van der Waals surface area contributed by atoms with E-state index in [2.05, 4.69) is 21.9 Å². The summed E-state index contributed by atoms with van der Waals surface area (Å²) in [7, 11) is 3.35. The zero-order valence-electron chi connectivity index (χ0n) is 18.0. The molecule has 4 rings (SSSR count). The van der Waals surface area contributed by atoms with Crippen LogP contribution in [0, 0.1) is 5.92 Å². The lowest BCUT2D eigenvalue weighted by molar-refractivity contribution is -0.134. The molecule has 1 amide bonds. The van der Waals surface area contributed by atoms with Gasteiger partial charge in [0.15, 0.2) is 11.5 Å². The molecule has 2 heterocycles. The Kier molecular flexibility index (Phi) is 6.58. The first kappa shape index (κ1) is 20.7. The smallest absolute Gasteiger partial charge is 0.227 e. The van der Waals surface area contributed by atoms with Crippen LogP contribution in [-0.2, 0) is 17.8 Å². The van der Waals surface area contributed by atoms with Crippen LogP contribution in [0.2, 0.25) is 0 Å². The van der Waals surface area contributed by atoms with E-state index < -0.39 is 0 Å². The Balaban J connectivity index is 1.38. The lowest BCUT2D eigenvalue weighted by Gasteiger charge is -2.47. The number of nitrogens with zero attached hydrogens (tertiary/aromatic N) is 2. The van der Waals surface area contributed by atoms with Gasteiger partial charge in [0, 0.05) is 25.7 Å². The van der Waals surface area contributed by atoms with Gasteiger partial charge in [-0.25, -0.2) is 0 Å². The molecular weight excluding hydrogens is 376 g/mol. The first-order valence-corrected chi connectivity index (χ1v) is 10.9. The Morgan fingerprint density at radius 1 is 0.967 bits per heavy atom. The normalized spacial score (nSPS) is 21.7.